The van der Waals surface area contributed by atoms with Crippen molar-refractivity contribution in [2.24, 2.45) is 0 Å². The van der Waals surface area contributed by atoms with Crippen LogP contribution in [0.4, 0.5) is 13.2 Å². The number of rotatable bonds is 1. The molecule has 0 amide bonds. The number of hydrogen-bond donors (Lipinski definition) is 0. The van der Waals surface area contributed by atoms with Gasteiger partial charge < -0.3 is 0 Å². The molecule has 0 fully saturated rings. The van der Waals surface area contributed by atoms with Crippen LogP contribution in [0.5, 0.6) is 0 Å². The van der Waals surface area contributed by atoms with Crippen LogP contribution in [0.15, 0.2) is 23.6 Å². The van der Waals surface area contributed by atoms with Gasteiger partial charge in [0.1, 0.15) is 11.2 Å². The molecule has 0 aliphatic carbocycles. The van der Waals surface area contributed by atoms with Crippen LogP contribution in [0.2, 0.25) is 5.02 Å². The Labute approximate surface area is 98.5 Å². The molecule has 0 bridgehead atoms. The fourth-order valence-electron chi connectivity index (χ4n) is 1.25. The molecule has 1 aromatic heterocycles. The third-order valence-corrected chi connectivity index (χ3v) is 2.90. The highest BCUT2D eigenvalue weighted by Gasteiger charge is 2.34. The number of benzene rings is 1. The van der Waals surface area contributed by atoms with Crippen LogP contribution in [0.1, 0.15) is 5.56 Å². The lowest BCUT2D eigenvalue weighted by Gasteiger charge is -2.11. The minimum Gasteiger partial charge on any atom is -0.234 e. The number of aromatic nitrogens is 1. The Balaban J connectivity index is 2.62. The van der Waals surface area contributed by atoms with Crippen LogP contribution in [-0.2, 0) is 6.18 Å². The van der Waals surface area contributed by atoms with Gasteiger partial charge in [0.15, 0.2) is 0 Å². The lowest BCUT2D eigenvalue weighted by Crippen LogP contribution is -2.07. The van der Waals surface area contributed by atoms with Crippen LogP contribution < -0.4 is 0 Å². The van der Waals surface area contributed by atoms with Crippen molar-refractivity contribution in [1.29, 1.82) is 0 Å². The van der Waals surface area contributed by atoms with Crippen LogP contribution in [-0.4, -0.2) is 4.98 Å². The molecule has 2 aromatic rings. The molecule has 0 N–H and O–H groups in total. The number of alkyl halides is 3. The van der Waals surface area contributed by atoms with Crippen LogP contribution in [0.25, 0.3) is 10.6 Å². The summed E-state index contributed by atoms with van der Waals surface area (Å²) in [6.45, 7) is 0. The van der Waals surface area contributed by atoms with Gasteiger partial charge >= 0.3 is 6.18 Å². The molecule has 0 aliphatic rings. The summed E-state index contributed by atoms with van der Waals surface area (Å²) in [4.78, 5) is 3.74. The summed E-state index contributed by atoms with van der Waals surface area (Å²) in [6.07, 6.45) is -1.95. The van der Waals surface area contributed by atoms with Gasteiger partial charge in [0.05, 0.1) is 5.56 Å². The zero-order valence-electron chi connectivity index (χ0n) is 7.68. The summed E-state index contributed by atoms with van der Waals surface area (Å²) < 4.78 is 38.2. The van der Waals surface area contributed by atoms with E-state index in [9.17, 15) is 13.2 Å². The minimum absolute atomic E-state index is 0.0307. The molecule has 6 heteroatoms. The molecule has 0 aliphatic heterocycles. The first-order valence-electron chi connectivity index (χ1n) is 4.17. The lowest BCUT2D eigenvalue weighted by molar-refractivity contribution is -0.137. The van der Waals surface area contributed by atoms with Crippen molar-refractivity contribution in [2.75, 3.05) is 0 Å². The van der Waals surface area contributed by atoms with Crippen molar-refractivity contribution in [2.45, 2.75) is 6.18 Å². The molecule has 1 radical (unpaired) electrons. The normalized spacial score (nSPS) is 11.8. The number of nitrogens with zero attached hydrogens (tertiary/aromatic N) is 1. The van der Waals surface area contributed by atoms with E-state index in [4.69, 9.17) is 11.6 Å². The molecule has 0 unspecified atom stereocenters. The Morgan fingerprint density at radius 3 is 2.62 bits per heavy atom. The molecule has 1 aromatic carbocycles. The molecule has 0 atom stereocenters. The second-order valence-corrected chi connectivity index (χ2v) is 4.26. The van der Waals surface area contributed by atoms with E-state index in [1.54, 1.807) is 0 Å². The highest BCUT2D eigenvalue weighted by Crippen LogP contribution is 2.38. The van der Waals surface area contributed by atoms with Crippen molar-refractivity contribution in [3.63, 3.8) is 0 Å². The quantitative estimate of drug-likeness (QED) is 0.747. The molecular formula is C10H4ClF3NS. The maximum Gasteiger partial charge on any atom is 0.417 e. The maximum atomic E-state index is 12.7. The average Bonchev–Trinajstić information content (AvgIpc) is 2.69. The predicted octanol–water partition coefficient (Wildman–Crippen LogP) is 4.28. The maximum absolute atomic E-state index is 12.7. The predicted molar refractivity (Wildman–Crippen MR) is 56.4 cm³/mol. The average molecular weight is 263 g/mol. The van der Waals surface area contributed by atoms with E-state index in [2.05, 4.69) is 11.2 Å². The Bertz CT molecular complexity index is 493. The standard InChI is InChI=1S/C10H4ClF3NS/c11-6-1-2-7(9-15-3-4-16-9)8(5-6)10(12,13)14/h1-2,4-5H. The molecule has 0 saturated carbocycles. The Hall–Kier alpha value is -1.07. The fraction of sp³-hybridized carbons (Fsp3) is 0.100. The zero-order valence-corrected chi connectivity index (χ0v) is 9.25. The van der Waals surface area contributed by atoms with Gasteiger partial charge in [-0.2, -0.15) is 13.2 Å². The van der Waals surface area contributed by atoms with Crippen molar-refractivity contribution >= 4 is 22.9 Å². The third-order valence-electron chi connectivity index (χ3n) is 1.91. The summed E-state index contributed by atoms with van der Waals surface area (Å²) in [5.41, 5.74) is -0.744. The molecule has 0 saturated heterocycles. The van der Waals surface area contributed by atoms with Gasteiger partial charge in [-0.3, -0.25) is 0 Å². The topological polar surface area (TPSA) is 12.9 Å². The first-order chi connectivity index (χ1) is 7.48. The van der Waals surface area contributed by atoms with E-state index in [0.717, 1.165) is 17.4 Å². The summed E-state index contributed by atoms with van der Waals surface area (Å²) in [7, 11) is 0. The first-order valence-corrected chi connectivity index (χ1v) is 5.43. The largest absolute Gasteiger partial charge is 0.417 e. The first kappa shape index (κ1) is 11.4. The summed E-state index contributed by atoms with van der Waals surface area (Å²) in [6, 6.07) is 3.63. The molecule has 1 nitrogen and oxygen atoms in total. The second-order valence-electron chi connectivity index (χ2n) is 2.97. The summed E-state index contributed by atoms with van der Waals surface area (Å²) in [5, 5.41) is 1.84. The highest BCUT2D eigenvalue weighted by molar-refractivity contribution is 7.13. The lowest BCUT2D eigenvalue weighted by atomic mass is 10.1. The molecule has 16 heavy (non-hydrogen) atoms. The van der Waals surface area contributed by atoms with E-state index in [1.165, 1.54) is 17.5 Å². The molecule has 1 heterocycles. The summed E-state index contributed by atoms with van der Waals surface area (Å²) in [5.74, 6) is 0. The molecular weight excluding hydrogens is 259 g/mol. The van der Waals surface area contributed by atoms with Gasteiger partial charge in [-0.25, -0.2) is 4.98 Å². The van der Waals surface area contributed by atoms with Gasteiger partial charge in [0.2, 0.25) is 0 Å². The number of halogens is 4. The summed E-state index contributed by atoms with van der Waals surface area (Å²) >= 11 is 6.66. The van der Waals surface area contributed by atoms with E-state index < -0.39 is 11.7 Å². The highest BCUT2D eigenvalue weighted by atomic mass is 35.5. The monoisotopic (exact) mass is 262 g/mol. The van der Waals surface area contributed by atoms with Crippen molar-refractivity contribution < 1.29 is 13.2 Å². The van der Waals surface area contributed by atoms with Crippen molar-refractivity contribution in [3.8, 4) is 10.6 Å². The second kappa shape index (κ2) is 4.07. The van der Waals surface area contributed by atoms with E-state index in [-0.39, 0.29) is 15.6 Å². The van der Waals surface area contributed by atoms with Crippen molar-refractivity contribution in [1.82, 2.24) is 4.98 Å². The van der Waals surface area contributed by atoms with Gasteiger partial charge in [-0.1, -0.05) is 11.6 Å². The Kier molecular flexibility index (Phi) is 2.90. The van der Waals surface area contributed by atoms with Gasteiger partial charge in [-0.05, 0) is 18.2 Å². The van der Waals surface area contributed by atoms with E-state index >= 15 is 0 Å². The van der Waals surface area contributed by atoms with Gasteiger partial charge in [0, 0.05) is 16.0 Å². The van der Waals surface area contributed by atoms with Crippen LogP contribution >= 0.6 is 22.9 Å². The Morgan fingerprint density at radius 2 is 2.06 bits per heavy atom. The third kappa shape index (κ3) is 2.20. The van der Waals surface area contributed by atoms with Crippen LogP contribution in [0, 0.1) is 6.20 Å². The zero-order chi connectivity index (χ0) is 11.8. The molecule has 0 spiro atoms. The van der Waals surface area contributed by atoms with Gasteiger partial charge in [0.25, 0.3) is 0 Å². The smallest absolute Gasteiger partial charge is 0.234 e. The SMILES string of the molecule is FC(F)(F)c1cc(Cl)ccc1-c1n[c]cs1. The molecule has 83 valence electrons. The van der Waals surface area contributed by atoms with Gasteiger partial charge in [-0.15, -0.1) is 11.3 Å². The van der Waals surface area contributed by atoms with Crippen molar-refractivity contribution in [3.05, 3.63) is 40.4 Å². The minimum atomic E-state index is -4.44. The Morgan fingerprint density at radius 1 is 1.31 bits per heavy atom. The van der Waals surface area contributed by atoms with Crippen LogP contribution in [0.3, 0.4) is 0 Å². The van der Waals surface area contributed by atoms with E-state index in [1.807, 2.05) is 0 Å². The number of hydrogen-bond acceptors (Lipinski definition) is 2. The fourth-order valence-corrected chi connectivity index (χ4v) is 2.05. The molecule has 2 rings (SSSR count). The van der Waals surface area contributed by atoms with E-state index in [0.29, 0.717) is 0 Å². The number of thiazole rings is 1.